The van der Waals surface area contributed by atoms with Crippen molar-refractivity contribution in [1.82, 2.24) is 0 Å². The molecule has 1 aromatic rings. The SMILES string of the molecule is NS(=O)(=O)c1ccc(OC2CCOC3(CCSC3)C2)cc1. The summed E-state index contributed by atoms with van der Waals surface area (Å²) in [5, 5.41) is 5.08. The van der Waals surface area contributed by atoms with Gasteiger partial charge in [0.25, 0.3) is 0 Å². The average Bonchev–Trinajstić information content (AvgIpc) is 2.86. The van der Waals surface area contributed by atoms with Crippen LogP contribution < -0.4 is 9.88 Å². The number of primary sulfonamides is 1. The Morgan fingerprint density at radius 3 is 2.71 bits per heavy atom. The number of nitrogens with two attached hydrogens (primary N) is 1. The van der Waals surface area contributed by atoms with Crippen molar-refractivity contribution in [3.8, 4) is 5.75 Å². The van der Waals surface area contributed by atoms with Gasteiger partial charge in [-0.25, -0.2) is 13.6 Å². The van der Waals surface area contributed by atoms with E-state index in [1.807, 2.05) is 11.8 Å². The van der Waals surface area contributed by atoms with Crippen LogP contribution in [0.4, 0.5) is 0 Å². The van der Waals surface area contributed by atoms with E-state index in [0.29, 0.717) is 5.75 Å². The first kappa shape index (κ1) is 15.1. The van der Waals surface area contributed by atoms with E-state index < -0.39 is 10.0 Å². The molecule has 0 bridgehead atoms. The van der Waals surface area contributed by atoms with Crippen LogP contribution in [0.2, 0.25) is 0 Å². The van der Waals surface area contributed by atoms with Gasteiger partial charge in [-0.05, 0) is 36.4 Å². The highest BCUT2D eigenvalue weighted by molar-refractivity contribution is 7.99. The molecule has 116 valence electrons. The van der Waals surface area contributed by atoms with E-state index in [1.54, 1.807) is 12.1 Å². The Morgan fingerprint density at radius 2 is 2.10 bits per heavy atom. The number of hydrogen-bond donors (Lipinski definition) is 1. The van der Waals surface area contributed by atoms with Crippen molar-refractivity contribution in [3.63, 3.8) is 0 Å². The van der Waals surface area contributed by atoms with Gasteiger partial charge in [0.1, 0.15) is 11.9 Å². The van der Waals surface area contributed by atoms with Gasteiger partial charge in [0.05, 0.1) is 17.1 Å². The molecule has 2 aliphatic heterocycles. The lowest BCUT2D eigenvalue weighted by Gasteiger charge is -2.37. The van der Waals surface area contributed by atoms with Crippen molar-refractivity contribution >= 4 is 21.8 Å². The van der Waals surface area contributed by atoms with Crippen LogP contribution in [-0.2, 0) is 14.8 Å². The van der Waals surface area contributed by atoms with Crippen LogP contribution in [0.5, 0.6) is 5.75 Å². The van der Waals surface area contributed by atoms with E-state index in [4.69, 9.17) is 14.6 Å². The van der Waals surface area contributed by atoms with E-state index in [2.05, 4.69) is 0 Å². The van der Waals surface area contributed by atoms with E-state index in [0.717, 1.165) is 37.4 Å². The van der Waals surface area contributed by atoms with Crippen LogP contribution in [-0.4, -0.2) is 38.2 Å². The smallest absolute Gasteiger partial charge is 0.238 e. The summed E-state index contributed by atoms with van der Waals surface area (Å²) in [4.78, 5) is 0.102. The fraction of sp³-hybridized carbons (Fsp3) is 0.571. The van der Waals surface area contributed by atoms with Gasteiger partial charge >= 0.3 is 0 Å². The summed E-state index contributed by atoms with van der Waals surface area (Å²) in [6.07, 6.45) is 2.97. The highest BCUT2D eigenvalue weighted by Crippen LogP contribution is 2.39. The Morgan fingerprint density at radius 1 is 1.33 bits per heavy atom. The number of thioether (sulfide) groups is 1. The van der Waals surface area contributed by atoms with Crippen LogP contribution >= 0.6 is 11.8 Å². The van der Waals surface area contributed by atoms with Crippen LogP contribution in [0.3, 0.4) is 0 Å². The van der Waals surface area contributed by atoms with E-state index in [9.17, 15) is 8.42 Å². The first-order chi connectivity index (χ1) is 9.97. The third-order valence-corrected chi connectivity index (χ3v) is 6.12. The zero-order valence-corrected chi connectivity index (χ0v) is 13.3. The summed E-state index contributed by atoms with van der Waals surface area (Å²) in [5.74, 6) is 2.86. The number of sulfonamides is 1. The van der Waals surface area contributed by atoms with Crippen molar-refractivity contribution < 1.29 is 17.9 Å². The maximum atomic E-state index is 11.2. The van der Waals surface area contributed by atoms with Gasteiger partial charge < -0.3 is 9.47 Å². The predicted molar refractivity (Wildman–Crippen MR) is 82.1 cm³/mol. The highest BCUT2D eigenvalue weighted by atomic mass is 32.2. The second kappa shape index (κ2) is 5.79. The molecule has 0 aliphatic carbocycles. The van der Waals surface area contributed by atoms with E-state index in [-0.39, 0.29) is 16.6 Å². The molecule has 3 rings (SSSR count). The molecule has 1 aromatic carbocycles. The lowest BCUT2D eigenvalue weighted by atomic mass is 9.91. The zero-order valence-electron chi connectivity index (χ0n) is 11.7. The molecule has 2 heterocycles. The first-order valence-corrected chi connectivity index (χ1v) is 9.68. The lowest BCUT2D eigenvalue weighted by Crippen LogP contribution is -2.43. The normalized spacial score (nSPS) is 29.7. The molecule has 0 amide bonds. The summed E-state index contributed by atoms with van der Waals surface area (Å²) in [6, 6.07) is 6.27. The molecule has 2 N–H and O–H groups in total. The molecule has 21 heavy (non-hydrogen) atoms. The minimum Gasteiger partial charge on any atom is -0.490 e. The van der Waals surface area contributed by atoms with Gasteiger partial charge in [0.2, 0.25) is 10.0 Å². The van der Waals surface area contributed by atoms with Crippen molar-refractivity contribution in [2.24, 2.45) is 5.14 Å². The van der Waals surface area contributed by atoms with Crippen LogP contribution in [0.15, 0.2) is 29.2 Å². The molecule has 2 fully saturated rings. The van der Waals surface area contributed by atoms with Gasteiger partial charge in [-0.1, -0.05) is 0 Å². The van der Waals surface area contributed by atoms with Crippen molar-refractivity contribution in [2.45, 2.75) is 35.9 Å². The van der Waals surface area contributed by atoms with Gasteiger partial charge in [-0.2, -0.15) is 11.8 Å². The van der Waals surface area contributed by atoms with Crippen LogP contribution in [0.25, 0.3) is 0 Å². The number of benzene rings is 1. The highest BCUT2D eigenvalue weighted by Gasteiger charge is 2.41. The molecule has 1 spiro atoms. The second-order valence-corrected chi connectivity index (χ2v) is 8.25. The molecule has 5 nitrogen and oxygen atoms in total. The Kier molecular flexibility index (Phi) is 4.18. The molecule has 2 saturated heterocycles. The standard InChI is InChI=1S/C14H19NO4S2/c15-21(16,17)13-3-1-11(2-4-13)19-12-5-7-18-14(9-12)6-8-20-10-14/h1-4,12H,5-10H2,(H2,15,16,17). The quantitative estimate of drug-likeness (QED) is 0.914. The minimum atomic E-state index is -3.65. The Hall–Kier alpha value is -0.760. The fourth-order valence-corrected chi connectivity index (χ4v) is 4.74. The third kappa shape index (κ3) is 3.53. The first-order valence-electron chi connectivity index (χ1n) is 6.98. The molecular formula is C14H19NO4S2. The lowest BCUT2D eigenvalue weighted by molar-refractivity contribution is -0.0959. The molecule has 2 aliphatic rings. The molecule has 2 unspecified atom stereocenters. The monoisotopic (exact) mass is 329 g/mol. The second-order valence-electron chi connectivity index (χ2n) is 5.58. The molecule has 0 saturated carbocycles. The fourth-order valence-electron chi connectivity index (χ4n) is 2.85. The number of hydrogen-bond acceptors (Lipinski definition) is 5. The van der Waals surface area contributed by atoms with Crippen LogP contribution in [0, 0.1) is 0 Å². The van der Waals surface area contributed by atoms with Crippen molar-refractivity contribution in [1.29, 1.82) is 0 Å². The molecule has 2 atom stereocenters. The number of ether oxygens (including phenoxy) is 2. The van der Waals surface area contributed by atoms with Gasteiger partial charge in [-0.15, -0.1) is 0 Å². The maximum absolute atomic E-state index is 11.2. The van der Waals surface area contributed by atoms with Gasteiger partial charge in [-0.3, -0.25) is 0 Å². The zero-order chi connectivity index (χ0) is 14.9. The summed E-state index contributed by atoms with van der Waals surface area (Å²) >= 11 is 1.93. The van der Waals surface area contributed by atoms with E-state index >= 15 is 0 Å². The minimum absolute atomic E-state index is 0.0197. The topological polar surface area (TPSA) is 78.6 Å². The average molecular weight is 329 g/mol. The third-order valence-electron chi connectivity index (χ3n) is 3.97. The summed E-state index contributed by atoms with van der Waals surface area (Å²) in [7, 11) is -3.65. The summed E-state index contributed by atoms with van der Waals surface area (Å²) in [5.41, 5.74) is -0.0197. The molecule has 7 heteroatoms. The number of rotatable bonds is 3. The van der Waals surface area contributed by atoms with Gasteiger partial charge in [0.15, 0.2) is 0 Å². The Labute approximate surface area is 129 Å². The molecule has 0 radical (unpaired) electrons. The Balaban J connectivity index is 1.66. The summed E-state index contributed by atoms with van der Waals surface area (Å²) in [6.45, 7) is 0.723. The predicted octanol–water partition coefficient (Wildman–Crippen LogP) is 1.77. The molecule has 0 aromatic heterocycles. The van der Waals surface area contributed by atoms with Crippen LogP contribution in [0.1, 0.15) is 19.3 Å². The van der Waals surface area contributed by atoms with E-state index in [1.165, 1.54) is 12.1 Å². The van der Waals surface area contributed by atoms with Crippen molar-refractivity contribution in [3.05, 3.63) is 24.3 Å². The molecular weight excluding hydrogens is 310 g/mol. The Bertz CT molecular complexity index is 594. The largest absolute Gasteiger partial charge is 0.490 e. The van der Waals surface area contributed by atoms with Gasteiger partial charge in [0, 0.05) is 18.6 Å². The summed E-state index contributed by atoms with van der Waals surface area (Å²) < 4.78 is 34.4. The van der Waals surface area contributed by atoms with Crippen molar-refractivity contribution in [2.75, 3.05) is 18.1 Å². The maximum Gasteiger partial charge on any atom is 0.238 e.